The second kappa shape index (κ2) is 9.65. The van der Waals surface area contributed by atoms with E-state index in [2.05, 4.69) is 17.1 Å². The van der Waals surface area contributed by atoms with Gasteiger partial charge in [0.25, 0.3) is 0 Å². The summed E-state index contributed by atoms with van der Waals surface area (Å²) < 4.78 is 0. The number of rotatable bonds is 5. The van der Waals surface area contributed by atoms with Crippen LogP contribution in [0.4, 0.5) is 0 Å². The fraction of sp³-hybridized carbons (Fsp3) is 0.938. The molecule has 2 rings (SSSR count). The van der Waals surface area contributed by atoms with Crippen LogP contribution in [-0.2, 0) is 4.79 Å². The number of hydrogen-bond donors (Lipinski definition) is 2. The molecule has 124 valence electrons. The minimum atomic E-state index is 0. The van der Waals surface area contributed by atoms with Crippen molar-refractivity contribution in [1.82, 2.24) is 10.2 Å². The summed E-state index contributed by atoms with van der Waals surface area (Å²) in [7, 11) is 0. The van der Waals surface area contributed by atoms with E-state index in [0.29, 0.717) is 13.1 Å². The van der Waals surface area contributed by atoms with Crippen LogP contribution in [0.3, 0.4) is 0 Å². The summed E-state index contributed by atoms with van der Waals surface area (Å²) in [6, 6.07) is 0. The molecule has 21 heavy (non-hydrogen) atoms. The van der Waals surface area contributed by atoms with Gasteiger partial charge in [0, 0.05) is 26.2 Å². The largest absolute Gasteiger partial charge is 0.355 e. The van der Waals surface area contributed by atoms with Crippen molar-refractivity contribution in [3.05, 3.63) is 0 Å². The van der Waals surface area contributed by atoms with E-state index in [-0.39, 0.29) is 24.2 Å². The molecule has 3 N–H and O–H groups in total. The van der Waals surface area contributed by atoms with Crippen LogP contribution in [0.15, 0.2) is 0 Å². The summed E-state index contributed by atoms with van der Waals surface area (Å²) in [5, 5.41) is 2.94. The lowest BCUT2D eigenvalue weighted by Gasteiger charge is -2.36. The summed E-state index contributed by atoms with van der Waals surface area (Å²) in [5.41, 5.74) is 5.44. The highest BCUT2D eigenvalue weighted by molar-refractivity contribution is 5.85. The van der Waals surface area contributed by atoms with Crippen molar-refractivity contribution in [1.29, 1.82) is 0 Å². The molecule has 5 heteroatoms. The molecule has 0 bridgehead atoms. The molecular formula is C16H32ClN3O. The molecular weight excluding hydrogens is 286 g/mol. The average molecular weight is 318 g/mol. The van der Waals surface area contributed by atoms with Crippen LogP contribution in [0.5, 0.6) is 0 Å². The lowest BCUT2D eigenvalue weighted by Crippen LogP contribution is -2.45. The Bertz CT molecular complexity index is 306. The number of nitrogens with zero attached hydrogens (tertiary/aromatic N) is 1. The molecule has 0 aromatic rings. The van der Waals surface area contributed by atoms with Gasteiger partial charge >= 0.3 is 0 Å². The highest BCUT2D eigenvalue weighted by Gasteiger charge is 2.28. The standard InChI is InChI=1S/C16H31N3O.ClH/c1-13-4-6-14(7-5-13)11-19-10-2-3-15(12-19)16(20)18-9-8-17;/h13-15H,2-12,17H2,1H3,(H,18,20);1H. The highest BCUT2D eigenvalue weighted by Crippen LogP contribution is 2.29. The van der Waals surface area contributed by atoms with Gasteiger partial charge in [-0.15, -0.1) is 12.4 Å². The van der Waals surface area contributed by atoms with E-state index in [1.807, 2.05) is 0 Å². The van der Waals surface area contributed by atoms with Crippen molar-refractivity contribution in [2.75, 3.05) is 32.7 Å². The molecule has 1 aliphatic heterocycles. The topological polar surface area (TPSA) is 58.4 Å². The number of halogens is 1. The van der Waals surface area contributed by atoms with E-state index in [1.54, 1.807) is 0 Å². The second-order valence-electron chi connectivity index (χ2n) is 6.80. The second-order valence-corrected chi connectivity index (χ2v) is 6.80. The average Bonchev–Trinajstić information content (AvgIpc) is 2.47. The molecule has 4 nitrogen and oxygen atoms in total. The van der Waals surface area contributed by atoms with Gasteiger partial charge in [0.2, 0.25) is 5.91 Å². The van der Waals surface area contributed by atoms with Gasteiger partial charge in [0.05, 0.1) is 5.92 Å². The first-order valence-corrected chi connectivity index (χ1v) is 8.39. The maximum Gasteiger partial charge on any atom is 0.224 e. The lowest BCUT2D eigenvalue weighted by atomic mass is 9.82. The predicted molar refractivity (Wildman–Crippen MR) is 89.6 cm³/mol. The first kappa shape index (κ1) is 18.7. The van der Waals surface area contributed by atoms with E-state index in [9.17, 15) is 4.79 Å². The molecule has 1 heterocycles. The normalized spacial score (nSPS) is 30.5. The van der Waals surface area contributed by atoms with Crippen LogP contribution in [0, 0.1) is 17.8 Å². The Morgan fingerprint density at radius 2 is 1.95 bits per heavy atom. The molecule has 0 spiro atoms. The monoisotopic (exact) mass is 317 g/mol. The van der Waals surface area contributed by atoms with Crippen molar-refractivity contribution in [2.24, 2.45) is 23.5 Å². The third kappa shape index (κ3) is 6.13. The number of carbonyl (C=O) groups is 1. The zero-order valence-electron chi connectivity index (χ0n) is 13.4. The van der Waals surface area contributed by atoms with Crippen molar-refractivity contribution in [3.63, 3.8) is 0 Å². The number of carbonyl (C=O) groups excluding carboxylic acids is 1. The van der Waals surface area contributed by atoms with Gasteiger partial charge in [-0.25, -0.2) is 0 Å². The summed E-state index contributed by atoms with van der Waals surface area (Å²) in [6.07, 6.45) is 7.72. The maximum absolute atomic E-state index is 12.0. The van der Waals surface area contributed by atoms with E-state index >= 15 is 0 Å². The molecule has 2 fully saturated rings. The van der Waals surface area contributed by atoms with Gasteiger partial charge in [-0.2, -0.15) is 0 Å². The minimum absolute atomic E-state index is 0. The van der Waals surface area contributed by atoms with Crippen molar-refractivity contribution >= 4 is 18.3 Å². The zero-order valence-corrected chi connectivity index (χ0v) is 14.2. The number of nitrogens with one attached hydrogen (secondary N) is 1. The molecule has 0 radical (unpaired) electrons. The van der Waals surface area contributed by atoms with Crippen LogP contribution in [0.25, 0.3) is 0 Å². The van der Waals surface area contributed by atoms with E-state index in [1.165, 1.54) is 38.8 Å². The van der Waals surface area contributed by atoms with Crippen LogP contribution in [0.1, 0.15) is 45.4 Å². The molecule has 1 saturated carbocycles. The van der Waals surface area contributed by atoms with Crippen LogP contribution in [0.2, 0.25) is 0 Å². The summed E-state index contributed by atoms with van der Waals surface area (Å²) in [6.45, 7) is 6.83. The Morgan fingerprint density at radius 3 is 2.62 bits per heavy atom. The van der Waals surface area contributed by atoms with E-state index < -0.39 is 0 Å². The summed E-state index contributed by atoms with van der Waals surface area (Å²) >= 11 is 0. The van der Waals surface area contributed by atoms with Crippen LogP contribution in [-0.4, -0.2) is 43.5 Å². The van der Waals surface area contributed by atoms with Gasteiger partial charge in [0.15, 0.2) is 0 Å². The number of hydrogen-bond acceptors (Lipinski definition) is 3. The molecule has 1 unspecified atom stereocenters. The third-order valence-electron chi connectivity index (χ3n) is 4.97. The molecule has 1 atom stereocenters. The maximum atomic E-state index is 12.0. The van der Waals surface area contributed by atoms with Gasteiger partial charge in [-0.3, -0.25) is 4.79 Å². The third-order valence-corrected chi connectivity index (χ3v) is 4.97. The molecule has 1 amide bonds. The lowest BCUT2D eigenvalue weighted by molar-refractivity contribution is -0.126. The van der Waals surface area contributed by atoms with Crippen molar-refractivity contribution < 1.29 is 4.79 Å². The molecule has 1 saturated heterocycles. The first-order chi connectivity index (χ1) is 9.69. The number of nitrogens with two attached hydrogens (primary N) is 1. The fourth-order valence-electron chi connectivity index (χ4n) is 3.65. The Balaban J connectivity index is 0.00000220. The zero-order chi connectivity index (χ0) is 14.4. The number of likely N-dealkylation sites (tertiary alicyclic amines) is 1. The Morgan fingerprint density at radius 1 is 1.24 bits per heavy atom. The number of amides is 1. The quantitative estimate of drug-likeness (QED) is 0.815. The molecule has 1 aliphatic carbocycles. The Hall–Kier alpha value is -0.320. The molecule has 0 aromatic carbocycles. The highest BCUT2D eigenvalue weighted by atomic mass is 35.5. The predicted octanol–water partition coefficient (Wildman–Crippen LogP) is 2.02. The minimum Gasteiger partial charge on any atom is -0.355 e. The smallest absolute Gasteiger partial charge is 0.224 e. The van der Waals surface area contributed by atoms with E-state index in [4.69, 9.17) is 5.73 Å². The van der Waals surface area contributed by atoms with Gasteiger partial charge in [-0.05, 0) is 44.1 Å². The van der Waals surface area contributed by atoms with Gasteiger partial charge < -0.3 is 16.0 Å². The van der Waals surface area contributed by atoms with Gasteiger partial charge in [0.1, 0.15) is 0 Å². The van der Waals surface area contributed by atoms with Crippen molar-refractivity contribution in [3.8, 4) is 0 Å². The van der Waals surface area contributed by atoms with Gasteiger partial charge in [-0.1, -0.05) is 19.8 Å². The first-order valence-electron chi connectivity index (χ1n) is 8.39. The Labute approximate surface area is 135 Å². The van der Waals surface area contributed by atoms with Crippen LogP contribution >= 0.6 is 12.4 Å². The SMILES string of the molecule is CC1CCC(CN2CCCC(C(=O)NCCN)C2)CC1.Cl. The van der Waals surface area contributed by atoms with E-state index in [0.717, 1.165) is 31.2 Å². The Kier molecular flexibility index (Phi) is 8.60. The number of piperidine rings is 1. The molecule has 2 aliphatic rings. The summed E-state index contributed by atoms with van der Waals surface area (Å²) in [5.74, 6) is 2.16. The van der Waals surface area contributed by atoms with Crippen LogP contribution < -0.4 is 11.1 Å². The molecule has 0 aromatic heterocycles. The fourth-order valence-corrected chi connectivity index (χ4v) is 3.65. The summed E-state index contributed by atoms with van der Waals surface area (Å²) in [4.78, 5) is 14.6. The van der Waals surface area contributed by atoms with Crippen molar-refractivity contribution in [2.45, 2.75) is 45.4 Å².